The lowest BCUT2D eigenvalue weighted by Gasteiger charge is -2.36. The number of hydrogen-bond acceptors (Lipinski definition) is 9. The van der Waals surface area contributed by atoms with Crippen LogP contribution in [0.1, 0.15) is 25.7 Å². The summed E-state index contributed by atoms with van der Waals surface area (Å²) in [5.41, 5.74) is 10.6. The van der Waals surface area contributed by atoms with Crippen molar-refractivity contribution in [2.45, 2.75) is 25.7 Å². The Morgan fingerprint density at radius 1 is 0.420 bits per heavy atom. The number of ether oxygens (including phenoxy) is 2. The van der Waals surface area contributed by atoms with Crippen molar-refractivity contribution >= 4 is 69.5 Å². The van der Waals surface area contributed by atoms with E-state index in [9.17, 15) is 0 Å². The quantitative estimate of drug-likeness (QED) is 0.250. The SMILES string of the molecule is c1nc(B2c3ccc(N4CCC4)cc3Oc3cc(N4CCC4)ccc32)nc(B2c3ccc(N4CCC4)cc3Oc3cc(N4CCC4)ccc32)n1. The third-order valence-electron chi connectivity index (χ3n) is 11.7. The van der Waals surface area contributed by atoms with Crippen LogP contribution in [0, 0.1) is 0 Å². The summed E-state index contributed by atoms with van der Waals surface area (Å²) in [6.45, 7) is 8.31. The number of fused-ring (bicyclic) bond motifs is 4. The van der Waals surface area contributed by atoms with Gasteiger partial charge in [-0.15, -0.1) is 0 Å². The zero-order valence-corrected chi connectivity index (χ0v) is 28.1. The van der Waals surface area contributed by atoms with E-state index in [0.29, 0.717) is 0 Å². The molecular weight excluding hydrogens is 620 g/mol. The van der Waals surface area contributed by atoms with Gasteiger partial charge in [-0.05, 0) is 71.8 Å². The molecule has 0 aliphatic carbocycles. The fourth-order valence-corrected chi connectivity index (χ4v) is 8.21. The van der Waals surface area contributed by atoms with E-state index in [1.54, 1.807) is 6.33 Å². The van der Waals surface area contributed by atoms with Gasteiger partial charge in [0.15, 0.2) is 0 Å². The predicted octanol–water partition coefficient (Wildman–Crippen LogP) is 1.96. The summed E-state index contributed by atoms with van der Waals surface area (Å²) < 4.78 is 13.5. The topological polar surface area (TPSA) is 70.1 Å². The first kappa shape index (κ1) is 28.6. The maximum atomic E-state index is 6.73. The summed E-state index contributed by atoms with van der Waals surface area (Å²) in [7, 11) is 0. The molecule has 0 unspecified atom stereocenters. The van der Waals surface area contributed by atoms with Gasteiger partial charge in [0.1, 0.15) is 40.8 Å². The Bertz CT molecular complexity index is 1890. The Morgan fingerprint density at radius 2 is 0.720 bits per heavy atom. The van der Waals surface area contributed by atoms with Gasteiger partial charge in [-0.3, -0.25) is 0 Å². The predicted molar refractivity (Wildman–Crippen MR) is 202 cm³/mol. The Hall–Kier alpha value is -5.18. The maximum absolute atomic E-state index is 6.73. The molecule has 246 valence electrons. The molecule has 50 heavy (non-hydrogen) atoms. The van der Waals surface area contributed by atoms with Crippen molar-refractivity contribution in [3.05, 3.63) is 79.1 Å². The summed E-state index contributed by atoms with van der Waals surface area (Å²) in [5, 5.41) is 0. The molecule has 0 bridgehead atoms. The maximum Gasteiger partial charge on any atom is 0.298 e. The summed E-state index contributed by atoms with van der Waals surface area (Å²) in [6.07, 6.45) is 6.62. The fourth-order valence-electron chi connectivity index (χ4n) is 8.21. The molecule has 0 amide bonds. The van der Waals surface area contributed by atoms with Crippen molar-refractivity contribution in [2.24, 2.45) is 0 Å². The smallest absolute Gasteiger partial charge is 0.298 e. The van der Waals surface area contributed by atoms with E-state index in [4.69, 9.17) is 24.4 Å². The first-order valence-corrected chi connectivity index (χ1v) is 18.3. The van der Waals surface area contributed by atoms with Crippen LogP contribution >= 0.6 is 0 Å². The standard InChI is InChI=1S/C39H37B2N7O2/c1-13-45(14-1)26-5-9-30-34(21-26)49-35-22-27(46-15-2-16-46)6-10-31(35)40(30)38-42-25-43-39(44-38)41-32-11-7-28(47-17-3-18-47)23-36(32)50-37-24-29(8-12-33(37)41)48-19-4-20-48/h5-12,21-25H,1-4,13-20H2. The van der Waals surface area contributed by atoms with Gasteiger partial charge in [0.05, 0.1) is 0 Å². The van der Waals surface area contributed by atoms with Gasteiger partial charge < -0.3 is 29.1 Å². The third kappa shape index (κ3) is 4.51. The molecule has 6 aliphatic rings. The Kier molecular flexibility index (Phi) is 6.40. The second kappa shape index (κ2) is 11.2. The number of rotatable bonds is 6. The zero-order valence-electron chi connectivity index (χ0n) is 28.1. The van der Waals surface area contributed by atoms with E-state index in [2.05, 4.69) is 92.4 Å². The number of hydrogen-bond donors (Lipinski definition) is 0. The van der Waals surface area contributed by atoms with Crippen molar-refractivity contribution in [3.8, 4) is 23.0 Å². The normalized spacial score (nSPS) is 18.3. The van der Waals surface area contributed by atoms with Crippen molar-refractivity contribution in [2.75, 3.05) is 72.0 Å². The molecule has 0 N–H and O–H groups in total. The highest BCUT2D eigenvalue weighted by Crippen LogP contribution is 2.35. The highest BCUT2D eigenvalue weighted by Gasteiger charge is 2.40. The molecule has 9 nitrogen and oxygen atoms in total. The largest absolute Gasteiger partial charge is 0.458 e. The molecule has 0 radical (unpaired) electrons. The lowest BCUT2D eigenvalue weighted by molar-refractivity contribution is 0.485. The van der Waals surface area contributed by atoms with Crippen LogP contribution in [0.3, 0.4) is 0 Å². The van der Waals surface area contributed by atoms with E-state index in [1.807, 2.05) is 0 Å². The molecule has 0 spiro atoms. The zero-order chi connectivity index (χ0) is 32.8. The van der Waals surface area contributed by atoms with Crippen LogP contribution in [0.4, 0.5) is 22.7 Å². The minimum absolute atomic E-state index is 0.187. The minimum Gasteiger partial charge on any atom is -0.458 e. The molecule has 4 saturated heterocycles. The van der Waals surface area contributed by atoms with Gasteiger partial charge in [0.25, 0.3) is 13.4 Å². The molecule has 4 fully saturated rings. The summed E-state index contributed by atoms with van der Waals surface area (Å²) in [6, 6.07) is 26.6. The molecule has 6 aliphatic heterocycles. The Balaban J connectivity index is 1.04. The van der Waals surface area contributed by atoms with Crippen molar-refractivity contribution < 1.29 is 9.47 Å². The van der Waals surface area contributed by atoms with Crippen LogP contribution in [-0.4, -0.2) is 80.7 Å². The summed E-state index contributed by atoms with van der Waals surface area (Å²) in [5.74, 6) is 3.53. The molecule has 11 heteroatoms. The second-order valence-electron chi connectivity index (χ2n) is 14.5. The molecule has 11 rings (SSSR count). The van der Waals surface area contributed by atoms with Gasteiger partial charge >= 0.3 is 0 Å². The Morgan fingerprint density at radius 3 is 0.980 bits per heavy atom. The highest BCUT2D eigenvalue weighted by molar-refractivity contribution is 6.97. The second-order valence-corrected chi connectivity index (χ2v) is 14.5. The molecule has 5 aromatic rings. The van der Waals surface area contributed by atoms with Crippen LogP contribution in [0.2, 0.25) is 0 Å². The van der Waals surface area contributed by atoms with Crippen molar-refractivity contribution in [3.63, 3.8) is 0 Å². The first-order valence-electron chi connectivity index (χ1n) is 18.3. The van der Waals surface area contributed by atoms with E-state index in [0.717, 1.165) is 109 Å². The van der Waals surface area contributed by atoms with E-state index >= 15 is 0 Å². The van der Waals surface area contributed by atoms with Gasteiger partial charge in [-0.2, -0.15) is 0 Å². The molecule has 4 aromatic carbocycles. The first-order chi connectivity index (χ1) is 24.7. The summed E-state index contributed by atoms with van der Waals surface area (Å²) >= 11 is 0. The average molecular weight is 657 g/mol. The number of anilines is 4. The van der Waals surface area contributed by atoms with Crippen LogP contribution in [-0.2, 0) is 0 Å². The molecular formula is C39H37B2N7O2. The monoisotopic (exact) mass is 657 g/mol. The molecule has 0 atom stereocenters. The number of nitrogens with zero attached hydrogens (tertiary/aromatic N) is 7. The number of benzene rings is 4. The number of aromatic nitrogens is 3. The van der Waals surface area contributed by atoms with Crippen LogP contribution in [0.5, 0.6) is 23.0 Å². The minimum atomic E-state index is -0.187. The van der Waals surface area contributed by atoms with E-state index in [1.165, 1.54) is 48.4 Å². The van der Waals surface area contributed by atoms with Gasteiger partial charge in [0.2, 0.25) is 0 Å². The highest BCUT2D eigenvalue weighted by atomic mass is 16.5. The average Bonchev–Trinajstić information content (AvgIpc) is 3.03. The third-order valence-corrected chi connectivity index (χ3v) is 11.7. The van der Waals surface area contributed by atoms with Gasteiger partial charge in [0, 0.05) is 99.4 Å². The van der Waals surface area contributed by atoms with Crippen molar-refractivity contribution in [1.29, 1.82) is 0 Å². The van der Waals surface area contributed by atoms with Gasteiger partial charge in [-0.1, -0.05) is 24.3 Å². The Labute approximate surface area is 293 Å². The van der Waals surface area contributed by atoms with Gasteiger partial charge in [-0.25, -0.2) is 15.0 Å². The molecule has 0 saturated carbocycles. The fraction of sp³-hybridized carbons (Fsp3) is 0.308. The lowest BCUT2D eigenvalue weighted by Crippen LogP contribution is -2.62. The van der Waals surface area contributed by atoms with Crippen LogP contribution < -0.4 is 62.4 Å². The molecule has 1 aromatic heterocycles. The van der Waals surface area contributed by atoms with Crippen LogP contribution in [0.15, 0.2) is 79.1 Å². The van der Waals surface area contributed by atoms with E-state index < -0.39 is 0 Å². The van der Waals surface area contributed by atoms with Crippen LogP contribution in [0.25, 0.3) is 0 Å². The lowest BCUT2D eigenvalue weighted by atomic mass is 9.37. The summed E-state index contributed by atoms with van der Waals surface area (Å²) in [4.78, 5) is 24.8. The molecule has 7 heterocycles. The van der Waals surface area contributed by atoms with Crippen molar-refractivity contribution in [1.82, 2.24) is 15.0 Å². The van der Waals surface area contributed by atoms with E-state index in [-0.39, 0.29) is 13.4 Å².